The molecule has 0 bridgehead atoms. The van der Waals surface area contributed by atoms with Crippen LogP contribution in [0.3, 0.4) is 0 Å². The molecule has 2 heterocycles. The van der Waals surface area contributed by atoms with Crippen LogP contribution in [-0.4, -0.2) is 74.1 Å². The fourth-order valence-electron chi connectivity index (χ4n) is 3.85. The molecule has 4 aromatic rings. The predicted molar refractivity (Wildman–Crippen MR) is 154 cm³/mol. The van der Waals surface area contributed by atoms with Crippen molar-refractivity contribution in [3.8, 4) is 16.9 Å². The maximum atomic E-state index is 13.1. The molecule has 0 aliphatic rings. The average Bonchev–Trinajstić information content (AvgIpc) is 3.58. The van der Waals surface area contributed by atoms with Crippen molar-refractivity contribution in [3.63, 3.8) is 0 Å². The minimum atomic E-state index is -0.772. The number of aromatic nitrogens is 6. The van der Waals surface area contributed by atoms with Gasteiger partial charge in [-0.05, 0) is 55.7 Å². The van der Waals surface area contributed by atoms with Crippen molar-refractivity contribution in [2.45, 2.75) is 19.4 Å². The van der Waals surface area contributed by atoms with E-state index in [9.17, 15) is 9.59 Å². The highest BCUT2D eigenvalue weighted by Gasteiger charge is 2.23. The van der Waals surface area contributed by atoms with Gasteiger partial charge in [-0.15, -0.1) is 5.10 Å². The van der Waals surface area contributed by atoms with Crippen LogP contribution in [0.1, 0.15) is 29.4 Å². The lowest BCUT2D eigenvalue weighted by atomic mass is 10.1. The summed E-state index contributed by atoms with van der Waals surface area (Å²) in [6.45, 7) is 3.14. The Kier molecular flexibility index (Phi) is 9.65. The van der Waals surface area contributed by atoms with E-state index in [1.165, 1.54) is 17.1 Å². The van der Waals surface area contributed by atoms with Crippen LogP contribution < -0.4 is 10.6 Å². The molecule has 0 saturated heterocycles. The minimum Gasteiger partial charge on any atom is -0.355 e. The van der Waals surface area contributed by atoms with Crippen molar-refractivity contribution in [2.75, 3.05) is 27.2 Å². The molecular weight excluding hydrogens is 553 g/mol. The van der Waals surface area contributed by atoms with Gasteiger partial charge < -0.3 is 20.5 Å². The van der Waals surface area contributed by atoms with Crippen molar-refractivity contribution in [1.82, 2.24) is 45.7 Å². The second-order valence-corrected chi connectivity index (χ2v) is 10.2. The Labute approximate surface area is 241 Å². The third kappa shape index (κ3) is 7.75. The monoisotopic (exact) mass is 581 g/mol. The first-order valence-electron chi connectivity index (χ1n) is 12.4. The number of hydrogen-bond donors (Lipinski definition) is 3. The summed E-state index contributed by atoms with van der Waals surface area (Å²) in [5.74, 6) is -0.322. The van der Waals surface area contributed by atoms with E-state index in [0.717, 1.165) is 11.1 Å². The number of amides is 2. The first kappa shape index (κ1) is 28.9. The van der Waals surface area contributed by atoms with Crippen molar-refractivity contribution >= 4 is 41.1 Å². The summed E-state index contributed by atoms with van der Waals surface area (Å²) in [5, 5.41) is 17.8. The molecule has 4 rings (SSSR count). The van der Waals surface area contributed by atoms with E-state index >= 15 is 0 Å². The largest absolute Gasteiger partial charge is 0.355 e. The zero-order valence-corrected chi connectivity index (χ0v) is 23.7. The number of aryl methyl sites for hydroxylation is 1. The number of likely N-dealkylation sites (N-methyl/N-ethyl adjacent to an activating group) is 1. The lowest BCUT2D eigenvalue weighted by molar-refractivity contribution is -0.122. The van der Waals surface area contributed by atoms with Crippen LogP contribution in [-0.2, 0) is 9.59 Å². The molecule has 11 nitrogen and oxygen atoms in total. The molecule has 3 N–H and O–H groups in total. The number of benzene rings is 2. The van der Waals surface area contributed by atoms with Gasteiger partial charge in [0.1, 0.15) is 23.0 Å². The van der Waals surface area contributed by atoms with Gasteiger partial charge >= 0.3 is 0 Å². The van der Waals surface area contributed by atoms with E-state index in [-0.39, 0.29) is 12.3 Å². The number of imidazole rings is 1. The van der Waals surface area contributed by atoms with Crippen molar-refractivity contribution in [1.29, 1.82) is 0 Å². The molecule has 0 spiro atoms. The lowest BCUT2D eigenvalue weighted by Gasteiger charge is -2.16. The van der Waals surface area contributed by atoms with Crippen LogP contribution in [0.25, 0.3) is 23.0 Å². The molecule has 0 unspecified atom stereocenters. The molecule has 40 heavy (non-hydrogen) atoms. The van der Waals surface area contributed by atoms with Crippen LogP contribution in [0.4, 0.5) is 0 Å². The number of aromatic amines is 1. The highest BCUT2D eigenvalue weighted by molar-refractivity contribution is 6.32. The third-order valence-corrected chi connectivity index (χ3v) is 6.43. The van der Waals surface area contributed by atoms with Crippen LogP contribution >= 0.6 is 23.2 Å². The van der Waals surface area contributed by atoms with Gasteiger partial charge in [0.25, 0.3) is 0 Å². The van der Waals surface area contributed by atoms with E-state index in [1.807, 2.05) is 50.2 Å². The number of halogens is 2. The van der Waals surface area contributed by atoms with Gasteiger partial charge in [-0.3, -0.25) is 9.59 Å². The lowest BCUT2D eigenvalue weighted by Crippen LogP contribution is -2.36. The molecule has 0 fully saturated rings. The van der Waals surface area contributed by atoms with Crippen LogP contribution in [0.15, 0.2) is 54.9 Å². The summed E-state index contributed by atoms with van der Waals surface area (Å²) >= 11 is 12.7. The van der Waals surface area contributed by atoms with Crippen LogP contribution in [0.5, 0.6) is 0 Å². The fraction of sp³-hybridized carbons (Fsp3) is 0.259. The zero-order valence-electron chi connectivity index (χ0n) is 22.2. The number of H-pyrrole nitrogens is 1. The standard InChI is InChI=1S/C27H29Cl2N9O2/c1-17-4-6-18(7-5-17)25-26(29)34-27(33-25)21(15-24(40)30-12-13-37(2)3)32-23(39)11-8-19-14-20(28)9-10-22(19)38-16-31-35-36-38/h4-11,14,16,21H,12-13,15H2,1-3H3,(H,30,40)(H,32,39)(H,33,34)/b11-8+/t21-/m0/s1. The molecule has 13 heteroatoms. The van der Waals surface area contributed by atoms with Gasteiger partial charge in [-0.2, -0.15) is 4.68 Å². The summed E-state index contributed by atoms with van der Waals surface area (Å²) in [5.41, 5.74) is 3.70. The summed E-state index contributed by atoms with van der Waals surface area (Å²) in [4.78, 5) is 35.5. The Morgan fingerprint density at radius 2 is 1.93 bits per heavy atom. The zero-order chi connectivity index (χ0) is 28.6. The Hall–Kier alpha value is -4.06. The van der Waals surface area contributed by atoms with Crippen molar-refractivity contribution in [2.24, 2.45) is 0 Å². The maximum absolute atomic E-state index is 13.1. The van der Waals surface area contributed by atoms with Crippen molar-refractivity contribution < 1.29 is 9.59 Å². The molecule has 0 saturated carbocycles. The van der Waals surface area contributed by atoms with Gasteiger partial charge in [-0.1, -0.05) is 53.0 Å². The number of carbonyl (C=O) groups is 2. The Morgan fingerprint density at radius 3 is 2.62 bits per heavy atom. The van der Waals surface area contributed by atoms with E-state index in [2.05, 4.69) is 36.1 Å². The Morgan fingerprint density at radius 1 is 1.15 bits per heavy atom. The number of hydrogen-bond acceptors (Lipinski definition) is 7. The molecule has 208 valence electrons. The van der Waals surface area contributed by atoms with Gasteiger partial charge in [-0.25, -0.2) is 4.98 Å². The molecule has 0 aliphatic heterocycles. The Balaban J connectivity index is 1.56. The molecule has 0 radical (unpaired) electrons. The first-order chi connectivity index (χ1) is 19.2. The van der Waals surface area contributed by atoms with Gasteiger partial charge in [0.15, 0.2) is 0 Å². The van der Waals surface area contributed by atoms with Gasteiger partial charge in [0.05, 0.1) is 18.2 Å². The van der Waals surface area contributed by atoms with Gasteiger partial charge in [0, 0.05) is 35.3 Å². The number of tetrazole rings is 1. The second kappa shape index (κ2) is 13.3. The molecule has 2 aromatic heterocycles. The maximum Gasteiger partial charge on any atom is 0.244 e. The highest BCUT2D eigenvalue weighted by atomic mass is 35.5. The topological polar surface area (TPSA) is 134 Å². The number of nitrogens with one attached hydrogen (secondary N) is 3. The average molecular weight is 582 g/mol. The molecular formula is C27H29Cl2N9O2. The Bertz CT molecular complexity index is 1480. The normalized spacial score (nSPS) is 12.2. The second-order valence-electron chi connectivity index (χ2n) is 9.36. The SMILES string of the molecule is Cc1ccc(-c2nc([C@H](CC(=O)NCCN(C)C)NC(=O)/C=C/c3cc(Cl)ccc3-n3cnnn3)[nH]c2Cl)cc1. The number of nitrogens with zero attached hydrogens (tertiary/aromatic N) is 6. The molecule has 0 aliphatic carbocycles. The van der Waals surface area contributed by atoms with E-state index in [1.54, 1.807) is 24.3 Å². The quantitative estimate of drug-likeness (QED) is 0.230. The summed E-state index contributed by atoms with van der Waals surface area (Å²) in [6.07, 6.45) is 4.34. The van der Waals surface area contributed by atoms with E-state index in [0.29, 0.717) is 46.0 Å². The van der Waals surface area contributed by atoms with E-state index in [4.69, 9.17) is 23.2 Å². The minimum absolute atomic E-state index is 0.0444. The molecule has 1 atom stereocenters. The van der Waals surface area contributed by atoms with Gasteiger partial charge in [0.2, 0.25) is 11.8 Å². The number of carbonyl (C=O) groups excluding carboxylic acids is 2. The third-order valence-electron chi connectivity index (χ3n) is 5.92. The first-order valence-corrected chi connectivity index (χ1v) is 13.2. The van der Waals surface area contributed by atoms with Crippen LogP contribution in [0, 0.1) is 6.92 Å². The molecule has 2 amide bonds. The smallest absolute Gasteiger partial charge is 0.244 e. The van der Waals surface area contributed by atoms with E-state index < -0.39 is 11.9 Å². The number of rotatable bonds is 11. The fourth-order valence-corrected chi connectivity index (χ4v) is 4.28. The van der Waals surface area contributed by atoms with Crippen molar-refractivity contribution in [3.05, 3.63) is 82.0 Å². The summed E-state index contributed by atoms with van der Waals surface area (Å²) < 4.78 is 1.46. The highest BCUT2D eigenvalue weighted by Crippen LogP contribution is 2.28. The predicted octanol–water partition coefficient (Wildman–Crippen LogP) is 3.61. The van der Waals surface area contributed by atoms with Crippen LogP contribution in [0.2, 0.25) is 10.2 Å². The molecule has 2 aromatic carbocycles. The summed E-state index contributed by atoms with van der Waals surface area (Å²) in [6, 6.07) is 12.1. The summed E-state index contributed by atoms with van der Waals surface area (Å²) in [7, 11) is 3.84.